The third-order valence-electron chi connectivity index (χ3n) is 2.23. The molecule has 2 N–H and O–H groups in total. The van der Waals surface area contributed by atoms with Crippen LogP contribution in [0.1, 0.15) is 22.8 Å². The van der Waals surface area contributed by atoms with Gasteiger partial charge in [-0.3, -0.25) is 0 Å². The van der Waals surface area contributed by atoms with Gasteiger partial charge in [0.2, 0.25) is 0 Å². The fraction of sp³-hybridized carbons (Fsp3) is 0.0714. The molecule has 3 heteroatoms. The number of carboxylic acid groups (broad SMARTS) is 1. The topological polar surface area (TPSA) is 57.5 Å². The molecule has 0 unspecified atom stereocenters. The van der Waals surface area contributed by atoms with Crippen LogP contribution >= 0.6 is 0 Å². The summed E-state index contributed by atoms with van der Waals surface area (Å²) >= 11 is 0. The lowest BCUT2D eigenvalue weighted by Crippen LogP contribution is -1.95. The lowest BCUT2D eigenvalue weighted by molar-refractivity contribution is 0.0697. The van der Waals surface area contributed by atoms with Crippen molar-refractivity contribution >= 4 is 11.5 Å². The van der Waals surface area contributed by atoms with E-state index in [1.165, 1.54) is 6.08 Å². The van der Waals surface area contributed by atoms with Crippen molar-refractivity contribution in [2.45, 2.75) is 6.92 Å². The zero-order valence-electron chi connectivity index (χ0n) is 9.55. The predicted octanol–water partition coefficient (Wildman–Crippen LogP) is 3.42. The van der Waals surface area contributed by atoms with E-state index in [1.807, 2.05) is 13.0 Å². The molecule has 3 nitrogen and oxygen atoms in total. The monoisotopic (exact) mass is 230 g/mol. The van der Waals surface area contributed by atoms with E-state index < -0.39 is 5.97 Å². The first-order chi connectivity index (χ1) is 8.04. The summed E-state index contributed by atoms with van der Waals surface area (Å²) in [5.74, 6) is -0.968. The van der Waals surface area contributed by atoms with Gasteiger partial charge >= 0.3 is 5.97 Å². The molecule has 0 aliphatic carbocycles. The van der Waals surface area contributed by atoms with Gasteiger partial charge in [0.1, 0.15) is 5.76 Å². The normalized spacial score (nSPS) is 11.7. The fourth-order valence-electron chi connectivity index (χ4n) is 1.35. The van der Waals surface area contributed by atoms with E-state index in [1.54, 1.807) is 30.3 Å². The highest BCUT2D eigenvalue weighted by atomic mass is 16.4. The van der Waals surface area contributed by atoms with Crippen LogP contribution in [-0.4, -0.2) is 16.2 Å². The van der Waals surface area contributed by atoms with Crippen LogP contribution in [-0.2, 0) is 0 Å². The van der Waals surface area contributed by atoms with Crippen molar-refractivity contribution < 1.29 is 15.0 Å². The maximum absolute atomic E-state index is 10.7. The molecule has 1 aromatic rings. The minimum absolute atomic E-state index is 0.0218. The van der Waals surface area contributed by atoms with E-state index in [2.05, 4.69) is 6.58 Å². The number of benzene rings is 1. The number of aliphatic hydroxyl groups excluding tert-OH is 1. The number of aromatic carboxylic acids is 1. The molecule has 0 aromatic heterocycles. The van der Waals surface area contributed by atoms with Crippen molar-refractivity contribution in [1.82, 2.24) is 0 Å². The molecule has 0 amide bonds. The van der Waals surface area contributed by atoms with E-state index >= 15 is 0 Å². The SMILES string of the molecule is C=C(O)/C=C\C(=C/C)c1ccc(C(=O)O)cc1. The summed E-state index contributed by atoms with van der Waals surface area (Å²) in [5, 5.41) is 17.7. The number of hydrogen-bond acceptors (Lipinski definition) is 2. The van der Waals surface area contributed by atoms with Crippen LogP contribution in [0.5, 0.6) is 0 Å². The second-order valence-electron chi connectivity index (χ2n) is 3.45. The Kier molecular flexibility index (Phi) is 4.29. The van der Waals surface area contributed by atoms with Crippen LogP contribution in [0.2, 0.25) is 0 Å². The van der Waals surface area contributed by atoms with Crippen molar-refractivity contribution in [2.75, 3.05) is 0 Å². The van der Waals surface area contributed by atoms with Gasteiger partial charge in [-0.15, -0.1) is 0 Å². The van der Waals surface area contributed by atoms with Crippen LogP contribution in [0.3, 0.4) is 0 Å². The highest BCUT2D eigenvalue weighted by Crippen LogP contribution is 2.17. The van der Waals surface area contributed by atoms with Gasteiger partial charge in [-0.25, -0.2) is 4.79 Å². The number of rotatable bonds is 4. The first kappa shape index (κ1) is 12.8. The summed E-state index contributed by atoms with van der Waals surface area (Å²) in [7, 11) is 0. The molecule has 0 saturated carbocycles. The van der Waals surface area contributed by atoms with Gasteiger partial charge in [0.25, 0.3) is 0 Å². The molecule has 17 heavy (non-hydrogen) atoms. The molecule has 0 aliphatic heterocycles. The highest BCUT2D eigenvalue weighted by molar-refractivity contribution is 5.88. The Morgan fingerprint density at radius 3 is 2.06 bits per heavy atom. The molecular weight excluding hydrogens is 216 g/mol. The van der Waals surface area contributed by atoms with Gasteiger partial charge in [0.05, 0.1) is 5.56 Å². The summed E-state index contributed by atoms with van der Waals surface area (Å²) < 4.78 is 0. The zero-order valence-corrected chi connectivity index (χ0v) is 9.55. The van der Waals surface area contributed by atoms with Gasteiger partial charge in [-0.1, -0.05) is 30.9 Å². The fourth-order valence-corrected chi connectivity index (χ4v) is 1.35. The quantitative estimate of drug-likeness (QED) is 0.615. The maximum Gasteiger partial charge on any atom is 0.335 e. The first-order valence-electron chi connectivity index (χ1n) is 5.10. The van der Waals surface area contributed by atoms with E-state index in [-0.39, 0.29) is 11.3 Å². The number of hydrogen-bond donors (Lipinski definition) is 2. The molecule has 0 spiro atoms. The van der Waals surface area contributed by atoms with Crippen LogP contribution in [0, 0.1) is 0 Å². The molecule has 0 aliphatic rings. The van der Waals surface area contributed by atoms with Gasteiger partial charge in [0.15, 0.2) is 0 Å². The van der Waals surface area contributed by atoms with E-state index in [9.17, 15) is 4.79 Å². The van der Waals surface area contributed by atoms with Crippen molar-refractivity contribution in [3.05, 3.63) is 66.0 Å². The molecule has 0 bridgehead atoms. The summed E-state index contributed by atoms with van der Waals surface area (Å²) in [6.07, 6.45) is 5.08. The molecule has 0 saturated heterocycles. The van der Waals surface area contributed by atoms with Crippen molar-refractivity contribution in [3.8, 4) is 0 Å². The Morgan fingerprint density at radius 1 is 1.12 bits per heavy atom. The standard InChI is InChI=1S/C14H14O3/c1-3-11(5-4-10(2)15)12-6-8-13(9-7-12)14(16)17/h3-9,15H,2H2,1H3,(H,16,17)/b5-4-,11-3+. The summed E-state index contributed by atoms with van der Waals surface area (Å²) in [6.45, 7) is 5.22. The average molecular weight is 230 g/mol. The van der Waals surface area contributed by atoms with Crippen molar-refractivity contribution in [3.63, 3.8) is 0 Å². The minimum Gasteiger partial charge on any atom is -0.509 e. The van der Waals surface area contributed by atoms with Gasteiger partial charge < -0.3 is 10.2 Å². The second-order valence-corrected chi connectivity index (χ2v) is 3.45. The van der Waals surface area contributed by atoms with Crippen LogP contribution < -0.4 is 0 Å². The summed E-state index contributed by atoms with van der Waals surface area (Å²) in [4.78, 5) is 10.7. The van der Waals surface area contributed by atoms with Crippen LogP contribution in [0.15, 0.2) is 54.8 Å². The Labute approximate surface area is 100 Å². The van der Waals surface area contributed by atoms with Gasteiger partial charge in [-0.2, -0.15) is 0 Å². The molecule has 1 rings (SSSR count). The molecule has 0 fully saturated rings. The Hall–Kier alpha value is -2.29. The maximum atomic E-state index is 10.7. The molecular formula is C14H14O3. The third-order valence-corrected chi connectivity index (χ3v) is 2.23. The van der Waals surface area contributed by atoms with E-state index in [0.29, 0.717) is 0 Å². The zero-order chi connectivity index (χ0) is 12.8. The predicted molar refractivity (Wildman–Crippen MR) is 68.0 cm³/mol. The minimum atomic E-state index is -0.946. The molecule has 0 atom stereocenters. The van der Waals surface area contributed by atoms with Crippen molar-refractivity contribution in [2.24, 2.45) is 0 Å². The van der Waals surface area contributed by atoms with Crippen molar-refractivity contribution in [1.29, 1.82) is 0 Å². The number of carbonyl (C=O) groups is 1. The Bertz CT molecular complexity index is 479. The largest absolute Gasteiger partial charge is 0.509 e. The number of allylic oxidation sites excluding steroid dienone is 4. The molecule has 1 aromatic carbocycles. The first-order valence-corrected chi connectivity index (χ1v) is 5.10. The van der Waals surface area contributed by atoms with Gasteiger partial charge in [-0.05, 0) is 36.3 Å². The average Bonchev–Trinajstić information content (AvgIpc) is 2.30. The van der Waals surface area contributed by atoms with E-state index in [4.69, 9.17) is 10.2 Å². The molecule has 0 radical (unpaired) electrons. The third kappa shape index (κ3) is 3.65. The number of aliphatic hydroxyl groups is 1. The van der Waals surface area contributed by atoms with Crippen LogP contribution in [0.25, 0.3) is 5.57 Å². The lowest BCUT2D eigenvalue weighted by atomic mass is 10.0. The summed E-state index contributed by atoms with van der Waals surface area (Å²) in [6, 6.07) is 6.54. The highest BCUT2D eigenvalue weighted by Gasteiger charge is 2.02. The second kappa shape index (κ2) is 5.70. The Balaban J connectivity index is 2.98. The number of carboxylic acids is 1. The van der Waals surface area contributed by atoms with Crippen LogP contribution in [0.4, 0.5) is 0 Å². The molecule has 88 valence electrons. The summed E-state index contributed by atoms with van der Waals surface area (Å²) in [5.41, 5.74) is 2.02. The molecule has 0 heterocycles. The Morgan fingerprint density at radius 2 is 1.65 bits per heavy atom. The van der Waals surface area contributed by atoms with Gasteiger partial charge in [0, 0.05) is 0 Å². The lowest BCUT2D eigenvalue weighted by Gasteiger charge is -2.02. The van der Waals surface area contributed by atoms with E-state index in [0.717, 1.165) is 11.1 Å². The smallest absolute Gasteiger partial charge is 0.335 e.